The normalized spacial score (nSPS) is 20.7. The van der Waals surface area contributed by atoms with Crippen LogP contribution in [0.2, 0.25) is 0 Å². The third-order valence-corrected chi connectivity index (χ3v) is 7.28. The minimum Gasteiger partial charge on any atom is -0.454 e. The number of hydrogen-bond acceptors (Lipinski definition) is 5. The van der Waals surface area contributed by atoms with E-state index in [-0.39, 0.29) is 30.3 Å². The summed E-state index contributed by atoms with van der Waals surface area (Å²) in [5, 5.41) is 4.04. The smallest absolute Gasteiger partial charge is 0.435 e. The van der Waals surface area contributed by atoms with E-state index >= 15 is 0 Å². The molecule has 1 saturated heterocycles. The molecular formula is C25H23F3N4O3. The third-order valence-electron chi connectivity index (χ3n) is 7.28. The summed E-state index contributed by atoms with van der Waals surface area (Å²) < 4.78 is 54.0. The Morgan fingerprint density at radius 1 is 1.11 bits per heavy atom. The van der Waals surface area contributed by atoms with Crippen LogP contribution in [-0.4, -0.2) is 47.5 Å². The van der Waals surface area contributed by atoms with Gasteiger partial charge in [0.2, 0.25) is 6.79 Å². The van der Waals surface area contributed by atoms with Gasteiger partial charge in [0.25, 0.3) is 5.91 Å². The highest BCUT2D eigenvalue weighted by Crippen LogP contribution is 2.48. The molecule has 0 unspecified atom stereocenters. The SMILES string of the molecule is CN(C(=O)c1cccc(-n2nc(C(F)(F)F)c3c2C[C@@H]2CC[C@H]3N2C)c1)c1ccc2c(c1)OCO2. The van der Waals surface area contributed by atoms with Crippen molar-refractivity contribution in [3.05, 3.63) is 65.0 Å². The summed E-state index contributed by atoms with van der Waals surface area (Å²) in [4.78, 5) is 16.8. The lowest BCUT2D eigenvalue weighted by atomic mass is 9.97. The zero-order valence-electron chi connectivity index (χ0n) is 19.2. The topological polar surface area (TPSA) is 59.8 Å². The van der Waals surface area contributed by atoms with Crippen molar-refractivity contribution in [3.8, 4) is 17.2 Å². The molecule has 2 bridgehead atoms. The summed E-state index contributed by atoms with van der Waals surface area (Å²) in [7, 11) is 3.52. The van der Waals surface area contributed by atoms with Crippen LogP contribution >= 0.6 is 0 Å². The Balaban J connectivity index is 1.37. The van der Waals surface area contributed by atoms with E-state index in [0.717, 1.165) is 6.42 Å². The summed E-state index contributed by atoms with van der Waals surface area (Å²) in [5.74, 6) is 0.862. The second-order valence-corrected chi connectivity index (χ2v) is 9.19. The van der Waals surface area contributed by atoms with E-state index in [9.17, 15) is 18.0 Å². The van der Waals surface area contributed by atoms with Crippen molar-refractivity contribution >= 4 is 11.6 Å². The maximum Gasteiger partial charge on any atom is 0.435 e. The molecule has 3 aliphatic rings. The molecule has 3 aromatic rings. The van der Waals surface area contributed by atoms with Gasteiger partial charge in [0.05, 0.1) is 11.4 Å². The lowest BCUT2D eigenvalue weighted by Gasteiger charge is -2.32. The van der Waals surface area contributed by atoms with Gasteiger partial charge in [-0.3, -0.25) is 9.69 Å². The molecule has 0 aliphatic carbocycles. The molecule has 2 atom stereocenters. The molecule has 0 spiro atoms. The van der Waals surface area contributed by atoms with Crippen molar-refractivity contribution in [1.82, 2.24) is 14.7 Å². The Bertz CT molecular complexity index is 1340. The fraction of sp³-hybridized carbons (Fsp3) is 0.360. The molecule has 2 aromatic carbocycles. The first-order valence-corrected chi connectivity index (χ1v) is 11.4. The van der Waals surface area contributed by atoms with Crippen molar-refractivity contribution in [2.75, 3.05) is 25.8 Å². The molecule has 182 valence electrons. The molecule has 7 nitrogen and oxygen atoms in total. The molecule has 35 heavy (non-hydrogen) atoms. The zero-order chi connectivity index (χ0) is 24.5. The van der Waals surface area contributed by atoms with Crippen molar-refractivity contribution < 1.29 is 27.4 Å². The monoisotopic (exact) mass is 484 g/mol. The maximum absolute atomic E-state index is 14.0. The second-order valence-electron chi connectivity index (χ2n) is 9.19. The number of halogens is 3. The van der Waals surface area contributed by atoms with Crippen molar-refractivity contribution in [3.63, 3.8) is 0 Å². The summed E-state index contributed by atoms with van der Waals surface area (Å²) >= 11 is 0. The number of nitrogens with zero attached hydrogens (tertiary/aromatic N) is 4. The van der Waals surface area contributed by atoms with Crippen molar-refractivity contribution in [2.24, 2.45) is 0 Å². The van der Waals surface area contributed by atoms with E-state index in [1.165, 1.54) is 9.58 Å². The summed E-state index contributed by atoms with van der Waals surface area (Å²) in [6.07, 6.45) is -2.53. The highest BCUT2D eigenvalue weighted by molar-refractivity contribution is 6.06. The van der Waals surface area contributed by atoms with Crippen molar-refractivity contribution in [1.29, 1.82) is 0 Å². The van der Waals surface area contributed by atoms with Crippen LogP contribution in [0.5, 0.6) is 11.5 Å². The molecule has 1 amide bonds. The highest BCUT2D eigenvalue weighted by atomic mass is 19.4. The van der Waals surface area contributed by atoms with Gasteiger partial charge in [-0.05, 0) is 50.2 Å². The molecule has 4 heterocycles. The Morgan fingerprint density at radius 2 is 1.91 bits per heavy atom. The number of hydrogen-bond donors (Lipinski definition) is 0. The zero-order valence-corrected chi connectivity index (χ0v) is 19.2. The van der Waals surface area contributed by atoms with Gasteiger partial charge in [0.1, 0.15) is 0 Å². The van der Waals surface area contributed by atoms with E-state index in [1.54, 1.807) is 49.5 Å². The van der Waals surface area contributed by atoms with Gasteiger partial charge in [0, 0.05) is 48.4 Å². The Kier molecular flexibility index (Phi) is 4.86. The largest absolute Gasteiger partial charge is 0.454 e. The number of fused-ring (bicyclic) bond motifs is 5. The van der Waals surface area contributed by atoms with Crippen LogP contribution in [0.3, 0.4) is 0 Å². The summed E-state index contributed by atoms with van der Waals surface area (Å²) in [5.41, 5.74) is 1.40. The molecule has 6 rings (SSSR count). The van der Waals surface area contributed by atoms with Gasteiger partial charge < -0.3 is 14.4 Å². The molecular weight excluding hydrogens is 461 g/mol. The standard InChI is InChI=1S/C25H23F3N4O3/c1-30-15-6-8-18(30)22-19(11-15)32(29-23(22)25(26,27)28)17-5-3-4-14(10-17)24(33)31(2)16-7-9-20-21(12-16)35-13-34-20/h3-5,7,9-10,12,15,18H,6,8,11,13H2,1-2H3/t15-,18+/m0/s1. The number of carbonyl (C=O) groups excluding carboxylic acids is 1. The lowest BCUT2D eigenvalue weighted by molar-refractivity contribution is -0.142. The fourth-order valence-electron chi connectivity index (χ4n) is 5.44. The van der Waals surface area contributed by atoms with Crippen LogP contribution in [-0.2, 0) is 12.6 Å². The lowest BCUT2D eigenvalue weighted by Crippen LogP contribution is -2.35. The van der Waals surface area contributed by atoms with E-state index in [4.69, 9.17) is 9.47 Å². The van der Waals surface area contributed by atoms with Gasteiger partial charge in [-0.1, -0.05) is 6.07 Å². The number of aromatic nitrogens is 2. The average Bonchev–Trinajstić information content (AvgIpc) is 3.52. The van der Waals surface area contributed by atoms with Gasteiger partial charge in [0.15, 0.2) is 17.2 Å². The van der Waals surface area contributed by atoms with Crippen LogP contribution < -0.4 is 14.4 Å². The molecule has 10 heteroatoms. The number of rotatable bonds is 3. The number of carbonyl (C=O) groups is 1. The third kappa shape index (κ3) is 3.46. The first-order chi connectivity index (χ1) is 16.7. The van der Waals surface area contributed by atoms with Gasteiger partial charge in [-0.2, -0.15) is 18.3 Å². The molecule has 0 N–H and O–H groups in total. The predicted octanol–water partition coefficient (Wildman–Crippen LogP) is 4.59. The molecule has 3 aliphatic heterocycles. The highest BCUT2D eigenvalue weighted by Gasteiger charge is 2.48. The Morgan fingerprint density at radius 3 is 2.71 bits per heavy atom. The first-order valence-electron chi connectivity index (χ1n) is 11.4. The quantitative estimate of drug-likeness (QED) is 0.545. The number of ether oxygens (including phenoxy) is 2. The van der Waals surface area contributed by atoms with Crippen LogP contribution in [0, 0.1) is 0 Å². The minimum atomic E-state index is -4.56. The van der Waals surface area contributed by atoms with E-state index in [1.807, 2.05) is 11.9 Å². The van der Waals surface area contributed by atoms with Gasteiger partial charge >= 0.3 is 6.18 Å². The second kappa shape index (κ2) is 7.74. The maximum atomic E-state index is 14.0. The van der Waals surface area contributed by atoms with Gasteiger partial charge in [-0.25, -0.2) is 4.68 Å². The van der Waals surface area contributed by atoms with Gasteiger partial charge in [-0.15, -0.1) is 0 Å². The summed E-state index contributed by atoms with van der Waals surface area (Å²) in [6.45, 7) is 0.129. The number of benzene rings is 2. The first kappa shape index (κ1) is 22.0. The Hall–Kier alpha value is -3.53. The van der Waals surface area contributed by atoms with Crippen LogP contribution in [0.25, 0.3) is 5.69 Å². The van der Waals surface area contributed by atoms with E-state index in [2.05, 4.69) is 5.10 Å². The van der Waals surface area contributed by atoms with E-state index < -0.39 is 11.9 Å². The number of alkyl halides is 3. The van der Waals surface area contributed by atoms with Crippen molar-refractivity contribution in [2.45, 2.75) is 37.5 Å². The molecule has 1 aromatic heterocycles. The molecule has 1 fully saturated rings. The van der Waals surface area contributed by atoms with E-state index in [0.29, 0.717) is 47.0 Å². The van der Waals surface area contributed by atoms with Crippen LogP contribution in [0.4, 0.5) is 18.9 Å². The Labute approximate surface area is 199 Å². The summed E-state index contributed by atoms with van der Waals surface area (Å²) in [6, 6.07) is 11.7. The van der Waals surface area contributed by atoms with Crippen LogP contribution in [0.1, 0.15) is 46.2 Å². The number of amides is 1. The predicted molar refractivity (Wildman–Crippen MR) is 121 cm³/mol. The molecule has 0 saturated carbocycles. The van der Waals surface area contributed by atoms with Crippen LogP contribution in [0.15, 0.2) is 42.5 Å². The number of likely N-dealkylation sites (N-methyl/N-ethyl adjacent to an activating group) is 1. The number of anilines is 1. The minimum absolute atomic E-state index is 0.129. The fourth-order valence-corrected chi connectivity index (χ4v) is 5.44. The molecule has 0 radical (unpaired) electrons. The average molecular weight is 484 g/mol.